The van der Waals surface area contributed by atoms with Gasteiger partial charge < -0.3 is 10.1 Å². The summed E-state index contributed by atoms with van der Waals surface area (Å²) in [4.78, 5) is 12.8. The van der Waals surface area contributed by atoms with Crippen molar-refractivity contribution >= 4 is 21.6 Å². The Balaban J connectivity index is 1.87. The van der Waals surface area contributed by atoms with Crippen LogP contribution in [0.5, 0.6) is 11.5 Å². The van der Waals surface area contributed by atoms with Crippen molar-refractivity contribution in [2.45, 2.75) is 45.6 Å². The van der Waals surface area contributed by atoms with Crippen LogP contribution in [0.1, 0.15) is 31.7 Å². The van der Waals surface area contributed by atoms with Gasteiger partial charge in [0.25, 0.3) is 0 Å². The van der Waals surface area contributed by atoms with Gasteiger partial charge in [-0.2, -0.15) is 9.40 Å². The average Bonchev–Trinajstić information content (AvgIpc) is 3.11. The number of carbonyl (C=O) groups is 1. The summed E-state index contributed by atoms with van der Waals surface area (Å²) in [7, 11) is -3.69. The molecule has 0 atom stereocenters. The lowest BCUT2D eigenvalue weighted by Crippen LogP contribution is -2.30. The van der Waals surface area contributed by atoms with Gasteiger partial charge in [0.15, 0.2) is 5.75 Å². The Morgan fingerprint density at radius 3 is 2.36 bits per heavy atom. The smallest absolute Gasteiger partial charge is 0.243 e. The minimum Gasteiger partial charge on any atom is -0.455 e. The number of rotatable bonds is 10. The summed E-state index contributed by atoms with van der Waals surface area (Å²) in [6.07, 6.45) is 0.180. The third kappa shape index (κ3) is 6.00. The summed E-state index contributed by atoms with van der Waals surface area (Å²) in [6, 6.07) is 15.6. The molecule has 0 saturated heterocycles. The predicted molar refractivity (Wildman–Crippen MR) is 128 cm³/mol. The number of nitrogens with one attached hydrogen (secondary N) is 1. The number of aryl methyl sites for hydroxylation is 3. The molecule has 1 amide bonds. The van der Waals surface area contributed by atoms with Crippen molar-refractivity contribution in [3.05, 3.63) is 66.0 Å². The zero-order valence-corrected chi connectivity index (χ0v) is 20.2. The molecule has 0 aliphatic carbocycles. The fourth-order valence-corrected chi connectivity index (χ4v) is 4.99. The van der Waals surface area contributed by atoms with Crippen LogP contribution in [0, 0.1) is 13.8 Å². The number of para-hydroxylation sites is 1. The molecule has 8 nitrogen and oxygen atoms in total. The number of benzene rings is 2. The van der Waals surface area contributed by atoms with Gasteiger partial charge in [-0.3, -0.25) is 9.48 Å². The SMILES string of the molecule is CCN(CC)S(=O)(=O)c1ccc(Oc2ccccc2)c(NC(=O)CCn2nc(C)cc2C)c1. The van der Waals surface area contributed by atoms with Gasteiger partial charge in [0.1, 0.15) is 5.75 Å². The van der Waals surface area contributed by atoms with Gasteiger partial charge >= 0.3 is 0 Å². The second-order valence-electron chi connectivity index (χ2n) is 7.61. The van der Waals surface area contributed by atoms with Crippen molar-refractivity contribution < 1.29 is 17.9 Å². The van der Waals surface area contributed by atoms with Crippen molar-refractivity contribution in [3.8, 4) is 11.5 Å². The molecule has 0 spiro atoms. The molecule has 3 rings (SSSR count). The monoisotopic (exact) mass is 470 g/mol. The number of ether oxygens (including phenoxy) is 1. The van der Waals surface area contributed by atoms with E-state index in [1.54, 1.807) is 36.7 Å². The number of hydrogen-bond acceptors (Lipinski definition) is 5. The topological polar surface area (TPSA) is 93.5 Å². The summed E-state index contributed by atoms with van der Waals surface area (Å²) < 4.78 is 35.1. The van der Waals surface area contributed by atoms with Gasteiger partial charge in [-0.05, 0) is 50.2 Å². The molecule has 0 aliphatic heterocycles. The van der Waals surface area contributed by atoms with Gasteiger partial charge in [0.05, 0.1) is 16.3 Å². The predicted octanol–water partition coefficient (Wildman–Crippen LogP) is 4.35. The zero-order valence-electron chi connectivity index (χ0n) is 19.4. The molecule has 1 heterocycles. The van der Waals surface area contributed by atoms with Gasteiger partial charge in [-0.1, -0.05) is 32.0 Å². The van der Waals surface area contributed by atoms with E-state index in [1.807, 2.05) is 38.1 Å². The van der Waals surface area contributed by atoms with Gasteiger partial charge in [-0.15, -0.1) is 0 Å². The van der Waals surface area contributed by atoms with Crippen LogP contribution in [0.25, 0.3) is 0 Å². The number of amides is 1. The van der Waals surface area contributed by atoms with Crippen molar-refractivity contribution in [2.75, 3.05) is 18.4 Å². The lowest BCUT2D eigenvalue weighted by molar-refractivity contribution is -0.116. The Bertz CT molecular complexity index is 1200. The quantitative estimate of drug-likeness (QED) is 0.475. The van der Waals surface area contributed by atoms with E-state index in [4.69, 9.17) is 4.74 Å². The fraction of sp³-hybridized carbons (Fsp3) is 0.333. The molecule has 33 heavy (non-hydrogen) atoms. The highest BCUT2D eigenvalue weighted by Crippen LogP contribution is 2.33. The number of carbonyl (C=O) groups excluding carboxylic acids is 1. The second-order valence-corrected chi connectivity index (χ2v) is 9.55. The number of sulfonamides is 1. The van der Waals surface area contributed by atoms with Crippen molar-refractivity contribution in [1.29, 1.82) is 0 Å². The van der Waals surface area contributed by atoms with Crippen LogP contribution >= 0.6 is 0 Å². The van der Waals surface area contributed by atoms with Crippen molar-refractivity contribution in [2.24, 2.45) is 0 Å². The Morgan fingerprint density at radius 2 is 1.76 bits per heavy atom. The number of nitrogens with zero attached hydrogens (tertiary/aromatic N) is 3. The first-order chi connectivity index (χ1) is 15.7. The standard InChI is InChI=1S/C24H30N4O4S/c1-5-27(6-2)33(30,31)21-12-13-23(32-20-10-8-7-9-11-20)22(17-21)25-24(29)14-15-28-19(4)16-18(3)26-28/h7-13,16-17H,5-6,14-15H2,1-4H3,(H,25,29). The first kappa shape index (κ1) is 24.5. The average molecular weight is 471 g/mol. The van der Waals surface area contributed by atoms with Crippen LogP contribution in [0.3, 0.4) is 0 Å². The summed E-state index contributed by atoms with van der Waals surface area (Å²) in [5.41, 5.74) is 2.16. The van der Waals surface area contributed by atoms with Crippen LogP contribution in [0.2, 0.25) is 0 Å². The van der Waals surface area contributed by atoms with E-state index in [2.05, 4.69) is 10.4 Å². The Morgan fingerprint density at radius 1 is 1.06 bits per heavy atom. The lowest BCUT2D eigenvalue weighted by Gasteiger charge is -2.20. The maximum Gasteiger partial charge on any atom is 0.243 e. The Hall–Kier alpha value is -3.17. The molecule has 1 N–H and O–H groups in total. The zero-order chi connectivity index (χ0) is 24.0. The highest BCUT2D eigenvalue weighted by atomic mass is 32.2. The Labute approximate surface area is 195 Å². The number of aromatic nitrogens is 2. The van der Waals surface area contributed by atoms with E-state index in [9.17, 15) is 13.2 Å². The van der Waals surface area contributed by atoms with Crippen molar-refractivity contribution in [3.63, 3.8) is 0 Å². The van der Waals surface area contributed by atoms with Crippen molar-refractivity contribution in [1.82, 2.24) is 14.1 Å². The lowest BCUT2D eigenvalue weighted by atomic mass is 10.2. The molecule has 0 unspecified atom stereocenters. The Kier molecular flexibility index (Phi) is 7.88. The van der Waals surface area contributed by atoms with Crippen LogP contribution in [-0.4, -0.2) is 41.5 Å². The van der Waals surface area contributed by atoms with E-state index in [1.165, 1.54) is 16.4 Å². The summed E-state index contributed by atoms with van der Waals surface area (Å²) in [5.74, 6) is 0.673. The molecular weight excluding hydrogens is 440 g/mol. The molecular formula is C24H30N4O4S. The molecule has 0 aliphatic rings. The van der Waals surface area contributed by atoms with Gasteiger partial charge in [0.2, 0.25) is 15.9 Å². The van der Waals surface area contributed by atoms with Crippen LogP contribution in [-0.2, 0) is 21.4 Å². The first-order valence-electron chi connectivity index (χ1n) is 10.9. The molecule has 0 fully saturated rings. The highest BCUT2D eigenvalue weighted by molar-refractivity contribution is 7.89. The van der Waals surface area contributed by atoms with Crippen LogP contribution < -0.4 is 10.1 Å². The van der Waals surface area contributed by atoms with E-state index < -0.39 is 10.0 Å². The molecule has 2 aromatic carbocycles. The van der Waals surface area contributed by atoms with E-state index >= 15 is 0 Å². The van der Waals surface area contributed by atoms with E-state index in [0.29, 0.717) is 36.8 Å². The number of anilines is 1. The minimum atomic E-state index is -3.69. The first-order valence-corrected chi connectivity index (χ1v) is 12.4. The normalized spacial score (nSPS) is 11.5. The molecule has 3 aromatic rings. The molecule has 9 heteroatoms. The van der Waals surface area contributed by atoms with Gasteiger partial charge in [0, 0.05) is 31.7 Å². The second kappa shape index (κ2) is 10.6. The van der Waals surface area contributed by atoms with Crippen LogP contribution in [0.4, 0.5) is 5.69 Å². The van der Waals surface area contributed by atoms with Gasteiger partial charge in [-0.25, -0.2) is 8.42 Å². The highest BCUT2D eigenvalue weighted by Gasteiger charge is 2.23. The molecule has 176 valence electrons. The minimum absolute atomic E-state index is 0.0976. The fourth-order valence-electron chi connectivity index (χ4n) is 3.51. The summed E-state index contributed by atoms with van der Waals surface area (Å²) in [5, 5.41) is 7.20. The third-order valence-electron chi connectivity index (χ3n) is 5.19. The van der Waals surface area contributed by atoms with E-state index in [-0.39, 0.29) is 17.2 Å². The molecule has 0 radical (unpaired) electrons. The maximum atomic E-state index is 13.0. The maximum absolute atomic E-state index is 13.0. The van der Waals surface area contributed by atoms with Crippen LogP contribution in [0.15, 0.2) is 59.5 Å². The number of hydrogen-bond donors (Lipinski definition) is 1. The molecule has 1 aromatic heterocycles. The summed E-state index contributed by atoms with van der Waals surface area (Å²) >= 11 is 0. The van der Waals surface area contributed by atoms with E-state index in [0.717, 1.165) is 11.4 Å². The molecule has 0 saturated carbocycles. The molecule has 0 bridgehead atoms. The summed E-state index contributed by atoms with van der Waals surface area (Å²) in [6.45, 7) is 8.53. The third-order valence-corrected chi connectivity index (χ3v) is 7.24. The largest absolute Gasteiger partial charge is 0.455 e.